The van der Waals surface area contributed by atoms with E-state index in [1.54, 1.807) is 13.0 Å². The zero-order valence-corrected chi connectivity index (χ0v) is 18.9. The minimum absolute atomic E-state index is 0.284. The molecule has 0 heterocycles. The maximum absolute atomic E-state index is 12.4. The van der Waals surface area contributed by atoms with Gasteiger partial charge in [-0.05, 0) is 26.0 Å². The van der Waals surface area contributed by atoms with Crippen molar-refractivity contribution in [3.63, 3.8) is 0 Å². The number of aryl methyl sites for hydroxylation is 2. The van der Waals surface area contributed by atoms with Crippen LogP contribution in [0.2, 0.25) is 0 Å². The molecule has 0 fully saturated rings. The van der Waals surface area contributed by atoms with Gasteiger partial charge in [-0.3, -0.25) is 29.3 Å². The van der Waals surface area contributed by atoms with Crippen molar-refractivity contribution in [1.82, 2.24) is 0 Å². The number of rotatable bonds is 2. The minimum Gasteiger partial charge on any atom is -0.328 e. The highest BCUT2D eigenvalue weighted by Gasteiger charge is 2.40. The lowest BCUT2D eigenvalue weighted by molar-refractivity contribution is -0.742. The summed E-state index contributed by atoms with van der Waals surface area (Å²) in [5.74, 6) is 0. The molecule has 0 saturated carbocycles. The van der Waals surface area contributed by atoms with E-state index in [0.29, 0.717) is 17.7 Å². The van der Waals surface area contributed by atoms with Gasteiger partial charge >= 0.3 is 22.8 Å². The van der Waals surface area contributed by atoms with E-state index in [-0.39, 0.29) is 5.56 Å². The average Bonchev–Trinajstić information content (AvgIpc) is 2.64. The van der Waals surface area contributed by atoms with Crippen LogP contribution in [0.5, 0.6) is 0 Å². The molecular formula is C16H15F6N3O11S. The summed E-state index contributed by atoms with van der Waals surface area (Å²) < 4.78 is 105. The summed E-state index contributed by atoms with van der Waals surface area (Å²) in [7, 11) is -4.67. The topological polar surface area (TPSA) is 224 Å². The summed E-state index contributed by atoms with van der Waals surface area (Å²) in [6.07, 6.45) is -9.14. The van der Waals surface area contributed by atoms with Crippen LogP contribution in [0.25, 0.3) is 0 Å². The van der Waals surface area contributed by atoms with E-state index in [9.17, 15) is 46.6 Å². The van der Waals surface area contributed by atoms with Crippen molar-refractivity contribution in [3.05, 3.63) is 89.0 Å². The van der Waals surface area contributed by atoms with Gasteiger partial charge in [0.15, 0.2) is 0 Å². The fraction of sp³-hybridized carbons (Fsp3) is 0.250. The Balaban J connectivity index is 0. The SMILES string of the molecule is Cc1cc(C(F)(F)F)c([N+](=O)[O-])cc1[N+](=O)[O-].Cc1cccc(C(F)(F)F)c1.O=S(=O)(O)O.O=[N+]([O-])O. The standard InChI is InChI=1S/C8H5F3N2O4.C8H7F3.HNO3.H2O4S/c1-4-2-5(8(9,10)11)7(13(16)17)3-6(4)12(14)15;1-6-3-2-4-7(5-6)8(9,10)11;2-1(3)4;1-5(2,3)4/h2-3H,1H3;2-5H,1H3;(H,2,3,4);(H2,1,2,3,4). The van der Waals surface area contributed by atoms with Crippen LogP contribution in [0.4, 0.5) is 37.7 Å². The van der Waals surface area contributed by atoms with Crippen molar-refractivity contribution in [2.45, 2.75) is 26.2 Å². The lowest BCUT2D eigenvalue weighted by Gasteiger charge is -2.08. The first-order valence-electron chi connectivity index (χ1n) is 8.55. The third-order valence-electron chi connectivity index (χ3n) is 3.36. The highest BCUT2D eigenvalue weighted by Crippen LogP contribution is 2.39. The number of halogens is 6. The van der Waals surface area contributed by atoms with Gasteiger partial charge in [-0.25, -0.2) is 0 Å². The number of nitro benzene ring substituents is 2. The molecule has 0 unspecified atom stereocenters. The van der Waals surface area contributed by atoms with E-state index in [0.717, 1.165) is 19.1 Å². The van der Waals surface area contributed by atoms with Gasteiger partial charge in [0, 0.05) is 5.56 Å². The number of alkyl halides is 6. The molecule has 0 bridgehead atoms. The summed E-state index contributed by atoms with van der Waals surface area (Å²) >= 11 is 0. The van der Waals surface area contributed by atoms with Crippen molar-refractivity contribution in [1.29, 1.82) is 0 Å². The normalized spacial score (nSPS) is 10.9. The zero-order valence-electron chi connectivity index (χ0n) is 18.1. The van der Waals surface area contributed by atoms with E-state index in [4.69, 9.17) is 32.8 Å². The number of hydrogen-bond donors (Lipinski definition) is 3. The van der Waals surface area contributed by atoms with Gasteiger partial charge in [-0.1, -0.05) is 23.8 Å². The Morgan fingerprint density at radius 3 is 1.46 bits per heavy atom. The number of nitrogens with zero attached hydrogens (tertiary/aromatic N) is 3. The van der Waals surface area contributed by atoms with Crippen LogP contribution >= 0.6 is 0 Å². The largest absolute Gasteiger partial charge is 0.423 e. The zero-order chi connectivity index (χ0) is 29.9. The molecule has 37 heavy (non-hydrogen) atoms. The Morgan fingerprint density at radius 1 is 0.784 bits per heavy atom. The highest BCUT2D eigenvalue weighted by atomic mass is 32.3. The van der Waals surface area contributed by atoms with Gasteiger partial charge in [-0.2, -0.15) is 34.8 Å². The molecule has 0 spiro atoms. The highest BCUT2D eigenvalue weighted by molar-refractivity contribution is 7.79. The van der Waals surface area contributed by atoms with Gasteiger partial charge in [-0.15, -0.1) is 10.1 Å². The monoisotopic (exact) mass is 571 g/mol. The first-order chi connectivity index (χ1) is 16.4. The van der Waals surface area contributed by atoms with Gasteiger partial charge in [0.2, 0.25) is 0 Å². The molecule has 208 valence electrons. The van der Waals surface area contributed by atoms with E-state index < -0.39 is 60.2 Å². The molecule has 0 saturated heterocycles. The van der Waals surface area contributed by atoms with Crippen LogP contribution in [0.15, 0.2) is 36.4 Å². The molecule has 0 aliphatic carbocycles. The molecule has 0 aliphatic heterocycles. The summed E-state index contributed by atoms with van der Waals surface area (Å²) in [5, 5.41) is 34.5. The predicted molar refractivity (Wildman–Crippen MR) is 109 cm³/mol. The smallest absolute Gasteiger partial charge is 0.328 e. The van der Waals surface area contributed by atoms with E-state index in [2.05, 4.69) is 0 Å². The Morgan fingerprint density at radius 2 is 1.19 bits per heavy atom. The van der Waals surface area contributed by atoms with Crippen molar-refractivity contribution >= 4 is 21.8 Å². The molecule has 2 aromatic rings. The Labute approximate surface area is 201 Å². The van der Waals surface area contributed by atoms with Gasteiger partial charge in [0.1, 0.15) is 5.56 Å². The van der Waals surface area contributed by atoms with Crippen molar-refractivity contribution in [2.24, 2.45) is 0 Å². The maximum Gasteiger partial charge on any atom is 0.423 e. The van der Waals surface area contributed by atoms with Crippen LogP contribution in [0.1, 0.15) is 22.3 Å². The van der Waals surface area contributed by atoms with Gasteiger partial charge in [0.25, 0.3) is 16.5 Å². The number of benzene rings is 2. The third-order valence-corrected chi connectivity index (χ3v) is 3.36. The number of nitro groups is 2. The quantitative estimate of drug-likeness (QED) is 0.191. The third kappa shape index (κ3) is 16.2. The fourth-order valence-electron chi connectivity index (χ4n) is 2.08. The molecule has 0 aromatic heterocycles. The summed E-state index contributed by atoms with van der Waals surface area (Å²) in [4.78, 5) is 27.0. The second-order valence-corrected chi connectivity index (χ2v) is 7.12. The molecule has 2 aromatic carbocycles. The van der Waals surface area contributed by atoms with Crippen LogP contribution in [-0.2, 0) is 22.8 Å². The minimum atomic E-state index is -4.93. The molecule has 21 heteroatoms. The van der Waals surface area contributed by atoms with E-state index in [1.807, 2.05) is 0 Å². The van der Waals surface area contributed by atoms with Crippen LogP contribution in [0.3, 0.4) is 0 Å². The van der Waals surface area contributed by atoms with E-state index in [1.165, 1.54) is 6.07 Å². The molecule has 0 amide bonds. The average molecular weight is 571 g/mol. The molecular weight excluding hydrogens is 556 g/mol. The van der Waals surface area contributed by atoms with Crippen molar-refractivity contribution < 1.29 is 64.0 Å². The fourth-order valence-corrected chi connectivity index (χ4v) is 2.08. The number of hydrogen-bond acceptors (Lipinski definition) is 8. The van der Waals surface area contributed by atoms with Crippen LogP contribution in [0, 0.1) is 44.2 Å². The molecule has 0 atom stereocenters. The maximum atomic E-state index is 12.4. The van der Waals surface area contributed by atoms with Gasteiger partial charge < -0.3 is 5.21 Å². The molecule has 0 aliphatic rings. The lowest BCUT2D eigenvalue weighted by Crippen LogP contribution is -2.10. The predicted octanol–water partition coefficient (Wildman–Crippen LogP) is 4.84. The molecule has 0 radical (unpaired) electrons. The first kappa shape index (κ1) is 35.1. The van der Waals surface area contributed by atoms with Crippen LogP contribution in [-0.4, -0.2) is 37.7 Å². The second-order valence-electron chi connectivity index (χ2n) is 6.22. The second kappa shape index (κ2) is 13.8. The Kier molecular flexibility index (Phi) is 13.1. The molecule has 2 rings (SSSR count). The summed E-state index contributed by atoms with van der Waals surface area (Å²) in [6, 6.07) is 5.94. The first-order valence-corrected chi connectivity index (χ1v) is 9.95. The van der Waals surface area contributed by atoms with Crippen molar-refractivity contribution in [2.75, 3.05) is 0 Å². The Bertz CT molecular complexity index is 1210. The lowest BCUT2D eigenvalue weighted by atomic mass is 10.1. The summed E-state index contributed by atoms with van der Waals surface area (Å²) in [6.45, 7) is 2.71. The van der Waals surface area contributed by atoms with Crippen molar-refractivity contribution in [3.8, 4) is 0 Å². The van der Waals surface area contributed by atoms with E-state index >= 15 is 0 Å². The van der Waals surface area contributed by atoms with Crippen LogP contribution < -0.4 is 0 Å². The van der Waals surface area contributed by atoms with Gasteiger partial charge in [0.05, 0.1) is 21.5 Å². The summed E-state index contributed by atoms with van der Waals surface area (Å²) in [5.41, 5.74) is -3.78. The molecule has 14 nitrogen and oxygen atoms in total. The molecule has 3 N–H and O–H groups in total. The Hall–Kier alpha value is -4.11.